The highest BCUT2D eigenvalue weighted by molar-refractivity contribution is 6.23. The molecule has 1 aromatic carbocycles. The number of amides is 4. The van der Waals surface area contributed by atoms with Crippen LogP contribution in [0.5, 0.6) is 0 Å². The highest BCUT2D eigenvalue weighted by Crippen LogP contribution is 2.46. The molecule has 0 radical (unpaired) electrons. The fraction of sp³-hybridized carbons (Fsp3) is 0.567. The van der Waals surface area contributed by atoms with Gasteiger partial charge in [-0.05, 0) is 88.2 Å². The molecule has 7 rings (SSSR count). The molecule has 0 bridgehead atoms. The van der Waals surface area contributed by atoms with E-state index >= 15 is 0 Å². The number of benzene rings is 1. The monoisotopic (exact) mass is 544 g/mol. The zero-order valence-corrected chi connectivity index (χ0v) is 22.9. The van der Waals surface area contributed by atoms with Gasteiger partial charge in [0, 0.05) is 43.2 Å². The van der Waals surface area contributed by atoms with Crippen LogP contribution in [0.1, 0.15) is 101 Å². The van der Waals surface area contributed by atoms with E-state index in [0.29, 0.717) is 34.9 Å². The Hall–Kier alpha value is -3.53. The topological polar surface area (TPSA) is 117 Å². The van der Waals surface area contributed by atoms with E-state index in [9.17, 15) is 19.2 Å². The first-order chi connectivity index (χ1) is 19.4. The molecule has 2 atom stereocenters. The molecule has 2 unspecified atom stereocenters. The smallest absolute Gasteiger partial charge is 0.262 e. The Bertz CT molecular complexity index is 1390. The molecule has 4 amide bonds. The first kappa shape index (κ1) is 25.4. The second-order valence-corrected chi connectivity index (χ2v) is 12.4. The molecule has 4 fully saturated rings. The number of fused-ring (bicyclic) bond motifs is 1. The molecule has 10 heteroatoms. The van der Waals surface area contributed by atoms with Crippen molar-refractivity contribution in [1.82, 2.24) is 24.9 Å². The molecule has 2 aliphatic carbocycles. The van der Waals surface area contributed by atoms with E-state index in [1.165, 1.54) is 43.5 Å². The second-order valence-electron chi connectivity index (χ2n) is 12.4. The van der Waals surface area contributed by atoms with Gasteiger partial charge in [0.25, 0.3) is 11.8 Å². The van der Waals surface area contributed by atoms with Crippen molar-refractivity contribution in [3.63, 3.8) is 0 Å². The minimum Gasteiger partial charge on any atom is -0.385 e. The van der Waals surface area contributed by atoms with Crippen LogP contribution in [-0.2, 0) is 9.59 Å². The van der Waals surface area contributed by atoms with Gasteiger partial charge >= 0.3 is 0 Å². The lowest BCUT2D eigenvalue weighted by molar-refractivity contribution is -0.136. The van der Waals surface area contributed by atoms with Gasteiger partial charge in [-0.15, -0.1) is 0 Å². The van der Waals surface area contributed by atoms with Crippen molar-refractivity contribution in [1.29, 1.82) is 0 Å². The maximum atomic E-state index is 13.1. The number of carbonyl (C=O) groups excluding carboxylic acids is 4. The van der Waals surface area contributed by atoms with Crippen LogP contribution in [0.25, 0.3) is 0 Å². The lowest BCUT2D eigenvalue weighted by Gasteiger charge is -2.36. The molecule has 5 aliphatic rings. The van der Waals surface area contributed by atoms with E-state index in [1.54, 1.807) is 12.1 Å². The molecule has 0 spiro atoms. The molecule has 2 N–H and O–H groups in total. The van der Waals surface area contributed by atoms with Crippen LogP contribution < -0.4 is 10.6 Å². The number of likely N-dealkylation sites (N-methyl/N-ethyl adjacent to an activating group) is 1. The number of rotatable bonds is 7. The van der Waals surface area contributed by atoms with Crippen LogP contribution in [0.2, 0.25) is 0 Å². The first-order valence-electron chi connectivity index (χ1n) is 14.7. The Labute approximate surface area is 233 Å². The van der Waals surface area contributed by atoms with Gasteiger partial charge in [0.1, 0.15) is 6.04 Å². The highest BCUT2D eigenvalue weighted by atomic mass is 16.2. The molecule has 1 aromatic heterocycles. The van der Waals surface area contributed by atoms with Gasteiger partial charge in [0.2, 0.25) is 11.8 Å². The van der Waals surface area contributed by atoms with Crippen molar-refractivity contribution in [2.45, 2.75) is 75.3 Å². The van der Waals surface area contributed by atoms with Gasteiger partial charge in [0.15, 0.2) is 0 Å². The second kappa shape index (κ2) is 9.83. The van der Waals surface area contributed by atoms with Gasteiger partial charge < -0.3 is 10.2 Å². The molecular weight excluding hydrogens is 508 g/mol. The van der Waals surface area contributed by atoms with E-state index in [0.717, 1.165) is 36.5 Å². The largest absolute Gasteiger partial charge is 0.385 e. The predicted octanol–water partition coefficient (Wildman–Crippen LogP) is 3.03. The third-order valence-electron chi connectivity index (χ3n) is 9.44. The van der Waals surface area contributed by atoms with Crippen molar-refractivity contribution in [3.05, 3.63) is 46.8 Å². The number of imide groups is 2. The fourth-order valence-electron chi connectivity index (χ4n) is 6.94. The van der Waals surface area contributed by atoms with Gasteiger partial charge in [-0.3, -0.25) is 34.1 Å². The Morgan fingerprint density at radius 1 is 1.00 bits per heavy atom. The Kier molecular flexibility index (Phi) is 6.25. The van der Waals surface area contributed by atoms with Crippen molar-refractivity contribution < 1.29 is 19.2 Å². The first-order valence-corrected chi connectivity index (χ1v) is 14.7. The van der Waals surface area contributed by atoms with E-state index in [-0.39, 0.29) is 18.7 Å². The Morgan fingerprint density at radius 2 is 1.80 bits per heavy atom. The standard InChI is InChI=1S/C30H36N6O4/c1-34-10-2-3-19(15-34)24-16-35(33-27(24)18-4-5-18)21-11-17(12-21)14-31-20-6-7-22-23(13-20)30(40)36(29(22)39)25-8-9-26(37)32-28(25)38/h6-7,13,16-19,21,25,31H,2-5,8-12,14-15H2,1H3,(H,32,37,38)/t17-,19?,21-,25?. The average molecular weight is 545 g/mol. The van der Waals surface area contributed by atoms with Crippen molar-refractivity contribution in [2.24, 2.45) is 5.92 Å². The minimum absolute atomic E-state index is 0.110. The van der Waals surface area contributed by atoms with Crippen LogP contribution in [0, 0.1) is 5.92 Å². The van der Waals surface area contributed by atoms with Gasteiger partial charge in [0.05, 0.1) is 22.9 Å². The average Bonchev–Trinajstić information content (AvgIpc) is 3.62. The molecule has 210 valence electrons. The molecule has 2 saturated carbocycles. The molecule has 2 aromatic rings. The fourth-order valence-corrected chi connectivity index (χ4v) is 6.94. The molecular formula is C30H36N6O4. The number of carbonyl (C=O) groups is 4. The van der Waals surface area contributed by atoms with Crippen LogP contribution in [-0.4, -0.2) is 75.9 Å². The SMILES string of the molecule is CN1CCCC(c2cn([C@H]3C[C@H](CNc4ccc5c(c4)C(=O)N(C4CCC(=O)NC4=O)C5=O)C3)nc2C2CC2)C1. The number of aromatic nitrogens is 2. The maximum absolute atomic E-state index is 13.1. The van der Waals surface area contributed by atoms with Gasteiger partial charge in [-0.2, -0.15) is 5.10 Å². The van der Waals surface area contributed by atoms with E-state index in [1.807, 2.05) is 6.07 Å². The summed E-state index contributed by atoms with van der Waals surface area (Å²) in [6.07, 6.45) is 9.79. The van der Waals surface area contributed by atoms with E-state index in [2.05, 4.69) is 33.5 Å². The molecule has 10 nitrogen and oxygen atoms in total. The third kappa shape index (κ3) is 4.52. The summed E-state index contributed by atoms with van der Waals surface area (Å²) in [5.41, 5.74) is 4.22. The summed E-state index contributed by atoms with van der Waals surface area (Å²) in [5.74, 6) is -0.172. The van der Waals surface area contributed by atoms with Crippen LogP contribution in [0.15, 0.2) is 24.4 Å². The summed E-state index contributed by atoms with van der Waals surface area (Å²) in [6, 6.07) is 4.66. The summed E-state index contributed by atoms with van der Waals surface area (Å²) in [6.45, 7) is 3.10. The normalized spacial score (nSPS) is 28.9. The summed E-state index contributed by atoms with van der Waals surface area (Å²) in [7, 11) is 2.22. The number of piperidine rings is 2. The lowest BCUT2D eigenvalue weighted by Crippen LogP contribution is -2.54. The number of nitrogens with one attached hydrogen (secondary N) is 2. The minimum atomic E-state index is -0.948. The van der Waals surface area contributed by atoms with Crippen molar-refractivity contribution in [2.75, 3.05) is 32.0 Å². The third-order valence-corrected chi connectivity index (χ3v) is 9.44. The Morgan fingerprint density at radius 3 is 2.55 bits per heavy atom. The van der Waals surface area contributed by atoms with Crippen molar-refractivity contribution in [3.8, 4) is 0 Å². The molecule has 4 heterocycles. The van der Waals surface area contributed by atoms with E-state index in [4.69, 9.17) is 5.10 Å². The van der Waals surface area contributed by atoms with Gasteiger partial charge in [-0.25, -0.2) is 0 Å². The Balaban J connectivity index is 0.970. The molecule has 2 saturated heterocycles. The van der Waals surface area contributed by atoms with Gasteiger partial charge in [-0.1, -0.05) is 0 Å². The van der Waals surface area contributed by atoms with Crippen molar-refractivity contribution >= 4 is 29.3 Å². The summed E-state index contributed by atoms with van der Waals surface area (Å²) < 4.78 is 2.25. The zero-order valence-electron chi connectivity index (χ0n) is 22.9. The number of nitrogens with zero attached hydrogens (tertiary/aromatic N) is 4. The maximum Gasteiger partial charge on any atom is 0.262 e. The highest BCUT2D eigenvalue weighted by Gasteiger charge is 2.45. The van der Waals surface area contributed by atoms with Crippen LogP contribution in [0.3, 0.4) is 0 Å². The molecule has 3 aliphatic heterocycles. The van der Waals surface area contributed by atoms with Crippen LogP contribution >= 0.6 is 0 Å². The summed E-state index contributed by atoms with van der Waals surface area (Å²) in [5, 5.41) is 10.8. The van der Waals surface area contributed by atoms with E-state index < -0.39 is 23.8 Å². The van der Waals surface area contributed by atoms with Crippen LogP contribution in [0.4, 0.5) is 5.69 Å². The zero-order chi connectivity index (χ0) is 27.5. The molecule has 40 heavy (non-hydrogen) atoms. The summed E-state index contributed by atoms with van der Waals surface area (Å²) in [4.78, 5) is 53.3. The quantitative estimate of drug-likeness (QED) is 0.515. The lowest BCUT2D eigenvalue weighted by atomic mass is 9.80. The number of hydrogen-bond donors (Lipinski definition) is 2. The predicted molar refractivity (Wildman–Crippen MR) is 147 cm³/mol. The number of likely N-dealkylation sites (tertiary alicyclic amines) is 1. The summed E-state index contributed by atoms with van der Waals surface area (Å²) >= 11 is 0. The number of hydrogen-bond acceptors (Lipinski definition) is 7. The number of anilines is 1.